The first-order chi connectivity index (χ1) is 10.8. The minimum atomic E-state index is -0.709. The maximum Gasteiger partial charge on any atom is 0.274 e. The van der Waals surface area contributed by atoms with Crippen LogP contribution in [0.4, 0.5) is 11.5 Å². The number of carbonyl (C=O) groups excluding carboxylic acids is 2. The largest absolute Gasteiger partial charge is 0.384 e. The number of carbonyl (C=O) groups is 2. The monoisotopic (exact) mass is 314 g/mol. The van der Waals surface area contributed by atoms with E-state index in [2.05, 4.69) is 5.32 Å². The average molecular weight is 314 g/mol. The first kappa shape index (κ1) is 14.4. The van der Waals surface area contributed by atoms with Gasteiger partial charge in [0.2, 0.25) is 0 Å². The third-order valence-electron chi connectivity index (χ3n) is 3.67. The summed E-state index contributed by atoms with van der Waals surface area (Å²) in [6.45, 7) is 1.47. The third-order valence-corrected chi connectivity index (χ3v) is 3.67. The molecule has 2 heterocycles. The van der Waals surface area contributed by atoms with E-state index in [1.54, 1.807) is 0 Å². The fraction of sp³-hybridized carbons (Fsp3) is 0.0714. The average Bonchev–Trinajstić information content (AvgIpc) is 2.75. The molecule has 0 spiro atoms. The molecule has 116 valence electrons. The smallest absolute Gasteiger partial charge is 0.274 e. The van der Waals surface area contributed by atoms with Gasteiger partial charge in [-0.25, -0.2) is 0 Å². The second-order valence-electron chi connectivity index (χ2n) is 4.95. The second-order valence-corrected chi connectivity index (χ2v) is 4.95. The topological polar surface area (TPSA) is 137 Å². The number of nitro benzene ring substituents is 1. The van der Waals surface area contributed by atoms with Gasteiger partial charge >= 0.3 is 0 Å². The molecule has 0 aliphatic carbocycles. The van der Waals surface area contributed by atoms with Crippen molar-refractivity contribution < 1.29 is 14.5 Å². The molecule has 0 bridgehead atoms. The van der Waals surface area contributed by atoms with Gasteiger partial charge in [-0.15, -0.1) is 0 Å². The van der Waals surface area contributed by atoms with Crippen molar-refractivity contribution in [1.29, 1.82) is 0 Å². The van der Waals surface area contributed by atoms with Crippen molar-refractivity contribution in [2.24, 2.45) is 0 Å². The highest BCUT2D eigenvalue weighted by Gasteiger charge is 2.32. The number of anilines is 1. The van der Waals surface area contributed by atoms with E-state index < -0.39 is 22.3 Å². The summed E-state index contributed by atoms with van der Waals surface area (Å²) in [6.07, 6.45) is 0. The van der Waals surface area contributed by atoms with Gasteiger partial charge in [-0.05, 0) is 13.0 Å². The first-order valence-electron chi connectivity index (χ1n) is 6.48. The Hall–Kier alpha value is -3.49. The number of pyridine rings is 1. The number of rotatable bonds is 2. The zero-order valence-electron chi connectivity index (χ0n) is 11.8. The number of hydrogen-bond acceptors (Lipinski definition) is 6. The molecule has 9 heteroatoms. The Morgan fingerprint density at radius 2 is 1.91 bits per heavy atom. The van der Waals surface area contributed by atoms with Crippen molar-refractivity contribution in [3.63, 3.8) is 0 Å². The van der Waals surface area contributed by atoms with E-state index in [-0.39, 0.29) is 33.9 Å². The van der Waals surface area contributed by atoms with Gasteiger partial charge in [-0.1, -0.05) is 6.07 Å². The standard InChI is InChI=1S/C14H10N4O5/c1-6-8(3-2-4-9(6)18(22)23)17-10(19)5-7-11(12(17)15)14(21)16-13(7)20/h2-5H,15H2,1H3,(H,16,20,21). The molecule has 1 aromatic carbocycles. The number of nitrogens with two attached hydrogens (primary N) is 1. The SMILES string of the molecule is Cc1c(-n2c(N)c3c(cc2=O)C(=O)NC3=O)cccc1[N+](=O)[O-]. The number of nitrogens with zero attached hydrogens (tertiary/aromatic N) is 2. The zero-order valence-corrected chi connectivity index (χ0v) is 11.8. The molecule has 1 aromatic heterocycles. The predicted octanol–water partition coefficient (Wildman–Crippen LogP) is 0.520. The lowest BCUT2D eigenvalue weighted by atomic mass is 10.1. The van der Waals surface area contributed by atoms with Crippen LogP contribution in [0.25, 0.3) is 5.69 Å². The van der Waals surface area contributed by atoms with Crippen LogP contribution in [0.2, 0.25) is 0 Å². The Morgan fingerprint density at radius 3 is 2.57 bits per heavy atom. The van der Waals surface area contributed by atoms with E-state index in [9.17, 15) is 24.5 Å². The molecule has 3 N–H and O–H groups in total. The number of amides is 2. The first-order valence-corrected chi connectivity index (χ1v) is 6.48. The molecule has 2 amide bonds. The number of nitro groups is 1. The second kappa shape index (κ2) is 4.77. The molecule has 0 saturated carbocycles. The van der Waals surface area contributed by atoms with Crippen LogP contribution in [-0.2, 0) is 0 Å². The zero-order chi connectivity index (χ0) is 16.9. The fourth-order valence-electron chi connectivity index (χ4n) is 2.58. The Labute approximate surface area is 128 Å². The molecule has 9 nitrogen and oxygen atoms in total. The molecule has 0 unspecified atom stereocenters. The van der Waals surface area contributed by atoms with E-state index in [0.29, 0.717) is 0 Å². The highest BCUT2D eigenvalue weighted by Crippen LogP contribution is 2.27. The summed E-state index contributed by atoms with van der Waals surface area (Å²) in [6, 6.07) is 5.17. The van der Waals surface area contributed by atoms with Gasteiger partial charge < -0.3 is 5.73 Å². The Balaban J connectivity index is 2.36. The molecular weight excluding hydrogens is 304 g/mol. The Bertz CT molecular complexity index is 960. The summed E-state index contributed by atoms with van der Waals surface area (Å²) in [5.74, 6) is -1.64. The van der Waals surface area contributed by atoms with Crippen LogP contribution in [0.15, 0.2) is 29.1 Å². The van der Waals surface area contributed by atoms with Crippen molar-refractivity contribution in [3.05, 3.63) is 61.4 Å². The number of aromatic nitrogens is 1. The van der Waals surface area contributed by atoms with Crippen molar-refractivity contribution in [2.45, 2.75) is 6.92 Å². The van der Waals surface area contributed by atoms with E-state index in [1.807, 2.05) is 0 Å². The van der Waals surface area contributed by atoms with Gasteiger partial charge in [0.05, 0.1) is 27.3 Å². The third kappa shape index (κ3) is 1.98. The van der Waals surface area contributed by atoms with Crippen molar-refractivity contribution in [1.82, 2.24) is 9.88 Å². The van der Waals surface area contributed by atoms with E-state index in [4.69, 9.17) is 5.73 Å². The van der Waals surface area contributed by atoms with Gasteiger partial charge in [0, 0.05) is 12.1 Å². The van der Waals surface area contributed by atoms with Crippen LogP contribution in [0.3, 0.4) is 0 Å². The van der Waals surface area contributed by atoms with Gasteiger partial charge in [0.25, 0.3) is 23.1 Å². The van der Waals surface area contributed by atoms with Crippen molar-refractivity contribution in [2.75, 3.05) is 5.73 Å². The lowest BCUT2D eigenvalue weighted by Gasteiger charge is -2.14. The van der Waals surface area contributed by atoms with Gasteiger partial charge in [-0.3, -0.25) is 34.4 Å². The number of imide groups is 1. The summed E-state index contributed by atoms with van der Waals surface area (Å²) in [5.41, 5.74) is 5.24. The van der Waals surface area contributed by atoms with Crippen LogP contribution < -0.4 is 16.6 Å². The number of benzene rings is 1. The molecule has 0 atom stereocenters. The summed E-state index contributed by atoms with van der Waals surface area (Å²) in [4.78, 5) is 46.2. The van der Waals surface area contributed by atoms with E-state index in [0.717, 1.165) is 10.6 Å². The lowest BCUT2D eigenvalue weighted by molar-refractivity contribution is -0.385. The number of nitrogens with one attached hydrogen (secondary N) is 1. The molecule has 3 rings (SSSR count). The lowest BCUT2D eigenvalue weighted by Crippen LogP contribution is -2.24. The minimum absolute atomic E-state index is 0.100. The quantitative estimate of drug-likeness (QED) is 0.471. The van der Waals surface area contributed by atoms with Crippen LogP contribution in [-0.4, -0.2) is 21.3 Å². The highest BCUT2D eigenvalue weighted by atomic mass is 16.6. The molecule has 1 aliphatic rings. The van der Waals surface area contributed by atoms with Gasteiger partial charge in [0.1, 0.15) is 5.82 Å². The molecule has 1 aliphatic heterocycles. The summed E-state index contributed by atoms with van der Waals surface area (Å²) in [7, 11) is 0. The molecule has 0 radical (unpaired) electrons. The maximum absolute atomic E-state index is 12.3. The van der Waals surface area contributed by atoms with Gasteiger partial charge in [-0.2, -0.15) is 0 Å². The summed E-state index contributed by atoms with van der Waals surface area (Å²) in [5, 5.41) is 13.1. The fourth-order valence-corrected chi connectivity index (χ4v) is 2.58. The summed E-state index contributed by atoms with van der Waals surface area (Å²) >= 11 is 0. The summed E-state index contributed by atoms with van der Waals surface area (Å²) < 4.78 is 0.985. The Kier molecular flexibility index (Phi) is 2.99. The molecule has 23 heavy (non-hydrogen) atoms. The van der Waals surface area contributed by atoms with Crippen LogP contribution >= 0.6 is 0 Å². The number of nitrogen functional groups attached to an aromatic ring is 1. The molecular formula is C14H10N4O5. The molecule has 0 saturated heterocycles. The predicted molar refractivity (Wildman–Crippen MR) is 79.6 cm³/mol. The minimum Gasteiger partial charge on any atom is -0.384 e. The van der Waals surface area contributed by atoms with Crippen LogP contribution in [0.1, 0.15) is 26.3 Å². The van der Waals surface area contributed by atoms with E-state index in [1.165, 1.54) is 25.1 Å². The molecule has 2 aromatic rings. The van der Waals surface area contributed by atoms with Crippen molar-refractivity contribution in [3.8, 4) is 5.69 Å². The van der Waals surface area contributed by atoms with E-state index >= 15 is 0 Å². The maximum atomic E-state index is 12.3. The normalized spacial score (nSPS) is 12.9. The van der Waals surface area contributed by atoms with Gasteiger partial charge in [0.15, 0.2) is 0 Å². The molecule has 0 fully saturated rings. The van der Waals surface area contributed by atoms with Crippen molar-refractivity contribution >= 4 is 23.3 Å². The number of hydrogen-bond donors (Lipinski definition) is 2. The van der Waals surface area contributed by atoms with Crippen LogP contribution in [0, 0.1) is 17.0 Å². The van der Waals surface area contributed by atoms with Crippen LogP contribution in [0.5, 0.6) is 0 Å². The Morgan fingerprint density at radius 1 is 1.22 bits per heavy atom. The highest BCUT2D eigenvalue weighted by molar-refractivity contribution is 6.23. The number of fused-ring (bicyclic) bond motifs is 1.